The Hall–Kier alpha value is -3.27. The van der Waals surface area contributed by atoms with E-state index in [0.717, 1.165) is 13.1 Å². The standard InChI is InChI=1S/C17H19N5O5/c1-20-7-9-21(10-8-20)15-14(22(24)25)16(19-11-18-15)27-13-5-3-12(4-6-13)17(23)26-2/h3-6,11H,7-10H2,1-2H3. The molecule has 0 bridgehead atoms. The predicted molar refractivity (Wildman–Crippen MR) is 96.3 cm³/mol. The molecule has 0 aliphatic carbocycles. The van der Waals surface area contributed by atoms with Crippen molar-refractivity contribution in [3.63, 3.8) is 0 Å². The van der Waals surface area contributed by atoms with Gasteiger partial charge >= 0.3 is 17.5 Å². The number of hydrogen-bond donors (Lipinski definition) is 0. The van der Waals surface area contributed by atoms with E-state index in [9.17, 15) is 14.9 Å². The molecule has 0 N–H and O–H groups in total. The number of aromatic nitrogens is 2. The molecule has 10 heteroatoms. The molecular weight excluding hydrogens is 354 g/mol. The Morgan fingerprint density at radius 2 is 1.81 bits per heavy atom. The Balaban J connectivity index is 1.88. The van der Waals surface area contributed by atoms with E-state index < -0.39 is 10.9 Å². The second-order valence-electron chi connectivity index (χ2n) is 6.02. The van der Waals surface area contributed by atoms with Gasteiger partial charge < -0.3 is 19.3 Å². The topological polar surface area (TPSA) is 111 Å². The van der Waals surface area contributed by atoms with Crippen molar-refractivity contribution in [2.24, 2.45) is 0 Å². The first-order chi connectivity index (χ1) is 13.0. The van der Waals surface area contributed by atoms with Crippen LogP contribution in [0.1, 0.15) is 10.4 Å². The number of esters is 1. The number of nitro groups is 1. The van der Waals surface area contributed by atoms with Crippen molar-refractivity contribution in [3.05, 3.63) is 46.3 Å². The van der Waals surface area contributed by atoms with Gasteiger partial charge in [0.15, 0.2) is 0 Å². The van der Waals surface area contributed by atoms with Gasteiger partial charge in [0.05, 0.1) is 17.6 Å². The summed E-state index contributed by atoms with van der Waals surface area (Å²) in [7, 11) is 3.29. The van der Waals surface area contributed by atoms with Crippen LogP contribution in [0.4, 0.5) is 11.5 Å². The van der Waals surface area contributed by atoms with Gasteiger partial charge in [-0.3, -0.25) is 10.1 Å². The average Bonchev–Trinajstić information content (AvgIpc) is 2.68. The molecule has 1 aromatic carbocycles. The minimum atomic E-state index is -0.536. The fourth-order valence-corrected chi connectivity index (χ4v) is 2.73. The Bertz CT molecular complexity index is 834. The van der Waals surface area contributed by atoms with Gasteiger partial charge in [-0.2, -0.15) is 4.98 Å². The summed E-state index contributed by atoms with van der Waals surface area (Å²) in [4.78, 5) is 34.7. The molecule has 27 heavy (non-hydrogen) atoms. The zero-order valence-electron chi connectivity index (χ0n) is 15.0. The van der Waals surface area contributed by atoms with E-state index in [1.165, 1.54) is 37.7 Å². The molecule has 0 amide bonds. The molecule has 1 aliphatic heterocycles. The monoisotopic (exact) mass is 373 g/mol. The van der Waals surface area contributed by atoms with Gasteiger partial charge in [-0.25, -0.2) is 9.78 Å². The summed E-state index contributed by atoms with van der Waals surface area (Å²) >= 11 is 0. The minimum absolute atomic E-state index is 0.144. The number of methoxy groups -OCH3 is 1. The number of carbonyl (C=O) groups is 1. The molecule has 0 atom stereocenters. The van der Waals surface area contributed by atoms with E-state index in [2.05, 4.69) is 19.6 Å². The summed E-state index contributed by atoms with van der Waals surface area (Å²) in [6, 6.07) is 6.06. The van der Waals surface area contributed by atoms with Crippen LogP contribution >= 0.6 is 0 Å². The van der Waals surface area contributed by atoms with Gasteiger partial charge in [0.1, 0.15) is 12.1 Å². The molecule has 1 aliphatic rings. The molecule has 10 nitrogen and oxygen atoms in total. The van der Waals surface area contributed by atoms with Crippen molar-refractivity contribution >= 4 is 17.5 Å². The Morgan fingerprint density at radius 1 is 1.15 bits per heavy atom. The molecule has 142 valence electrons. The van der Waals surface area contributed by atoms with E-state index in [1.54, 1.807) is 0 Å². The number of hydrogen-bond acceptors (Lipinski definition) is 9. The van der Waals surface area contributed by atoms with Crippen molar-refractivity contribution in [3.8, 4) is 11.6 Å². The first-order valence-corrected chi connectivity index (χ1v) is 8.28. The minimum Gasteiger partial charge on any atom is -0.465 e. The van der Waals surface area contributed by atoms with Crippen LogP contribution in [0.3, 0.4) is 0 Å². The SMILES string of the molecule is COC(=O)c1ccc(Oc2ncnc(N3CCN(C)CC3)c2[N+](=O)[O-])cc1. The molecule has 3 rings (SSSR count). The maximum atomic E-state index is 11.7. The molecule has 0 saturated carbocycles. The molecule has 0 unspecified atom stereocenters. The van der Waals surface area contributed by atoms with Crippen LogP contribution in [0.5, 0.6) is 11.6 Å². The lowest BCUT2D eigenvalue weighted by atomic mass is 10.2. The second kappa shape index (κ2) is 7.96. The van der Waals surface area contributed by atoms with Gasteiger partial charge in [0.2, 0.25) is 5.82 Å². The normalized spacial score (nSPS) is 14.7. The fraction of sp³-hybridized carbons (Fsp3) is 0.353. The van der Waals surface area contributed by atoms with Crippen LogP contribution in [-0.2, 0) is 4.74 Å². The Labute approximate surface area is 155 Å². The smallest absolute Gasteiger partial charge is 0.373 e. The molecule has 0 radical (unpaired) electrons. The van der Waals surface area contributed by atoms with Gasteiger partial charge in [-0.05, 0) is 31.3 Å². The van der Waals surface area contributed by atoms with Crippen molar-refractivity contribution < 1.29 is 19.2 Å². The molecular formula is C17H19N5O5. The van der Waals surface area contributed by atoms with E-state index in [-0.39, 0.29) is 17.4 Å². The summed E-state index contributed by atoms with van der Waals surface area (Å²) in [5.41, 5.74) is 0.0688. The molecule has 1 saturated heterocycles. The van der Waals surface area contributed by atoms with Crippen molar-refractivity contribution in [1.29, 1.82) is 0 Å². The number of carbonyl (C=O) groups excluding carboxylic acids is 1. The number of benzene rings is 1. The highest BCUT2D eigenvalue weighted by Gasteiger charge is 2.30. The van der Waals surface area contributed by atoms with Crippen LogP contribution in [-0.4, -0.2) is 66.1 Å². The van der Waals surface area contributed by atoms with Gasteiger partial charge in [0, 0.05) is 26.2 Å². The van der Waals surface area contributed by atoms with Crippen LogP contribution in [0, 0.1) is 10.1 Å². The number of nitrogens with zero attached hydrogens (tertiary/aromatic N) is 5. The number of anilines is 1. The zero-order valence-corrected chi connectivity index (χ0v) is 15.0. The predicted octanol–water partition coefficient (Wildman–Crippen LogP) is 1.72. The largest absolute Gasteiger partial charge is 0.465 e. The highest BCUT2D eigenvalue weighted by molar-refractivity contribution is 5.89. The first kappa shape index (κ1) is 18.5. The lowest BCUT2D eigenvalue weighted by molar-refractivity contribution is -0.385. The molecule has 0 spiro atoms. The van der Waals surface area contributed by atoms with Gasteiger partial charge in [-0.1, -0.05) is 0 Å². The molecule has 1 fully saturated rings. The second-order valence-corrected chi connectivity index (χ2v) is 6.02. The van der Waals surface area contributed by atoms with Crippen molar-refractivity contribution in [2.45, 2.75) is 0 Å². The fourth-order valence-electron chi connectivity index (χ4n) is 2.73. The van der Waals surface area contributed by atoms with Gasteiger partial charge in [0.25, 0.3) is 0 Å². The third-order valence-corrected chi connectivity index (χ3v) is 4.24. The van der Waals surface area contributed by atoms with E-state index in [1.807, 2.05) is 11.9 Å². The third-order valence-electron chi connectivity index (χ3n) is 4.24. The summed E-state index contributed by atoms with van der Waals surface area (Å²) in [6.07, 6.45) is 1.25. The van der Waals surface area contributed by atoms with Crippen LogP contribution < -0.4 is 9.64 Å². The number of likely N-dealkylation sites (N-methyl/N-ethyl adjacent to an activating group) is 1. The highest BCUT2D eigenvalue weighted by atomic mass is 16.6. The molecule has 2 heterocycles. The van der Waals surface area contributed by atoms with Crippen molar-refractivity contribution in [1.82, 2.24) is 14.9 Å². The number of ether oxygens (including phenoxy) is 2. The third kappa shape index (κ3) is 4.11. The van der Waals surface area contributed by atoms with E-state index in [0.29, 0.717) is 24.4 Å². The average molecular weight is 373 g/mol. The first-order valence-electron chi connectivity index (χ1n) is 8.28. The zero-order chi connectivity index (χ0) is 19.4. The number of rotatable bonds is 5. The quantitative estimate of drug-likeness (QED) is 0.439. The summed E-state index contributed by atoms with van der Waals surface area (Å²) in [6.45, 7) is 2.82. The lowest BCUT2D eigenvalue weighted by Gasteiger charge is -2.32. The van der Waals surface area contributed by atoms with Crippen LogP contribution in [0.2, 0.25) is 0 Å². The van der Waals surface area contributed by atoms with E-state index in [4.69, 9.17) is 4.74 Å². The summed E-state index contributed by atoms with van der Waals surface area (Å²) < 4.78 is 10.2. The summed E-state index contributed by atoms with van der Waals surface area (Å²) in [5, 5.41) is 11.7. The maximum Gasteiger partial charge on any atom is 0.373 e. The maximum absolute atomic E-state index is 11.7. The van der Waals surface area contributed by atoms with Gasteiger partial charge in [-0.15, -0.1) is 0 Å². The highest BCUT2D eigenvalue weighted by Crippen LogP contribution is 2.36. The van der Waals surface area contributed by atoms with Crippen LogP contribution in [0.25, 0.3) is 0 Å². The molecule has 1 aromatic heterocycles. The molecule has 2 aromatic rings. The Kier molecular flexibility index (Phi) is 5.46. The summed E-state index contributed by atoms with van der Waals surface area (Å²) in [5.74, 6) is -0.0697. The number of piperazine rings is 1. The van der Waals surface area contributed by atoms with E-state index >= 15 is 0 Å². The van der Waals surface area contributed by atoms with Crippen LogP contribution in [0.15, 0.2) is 30.6 Å². The van der Waals surface area contributed by atoms with Crippen molar-refractivity contribution in [2.75, 3.05) is 45.2 Å². The Morgan fingerprint density at radius 3 is 2.41 bits per heavy atom. The lowest BCUT2D eigenvalue weighted by Crippen LogP contribution is -2.45.